The van der Waals surface area contributed by atoms with Gasteiger partial charge in [-0.25, -0.2) is 9.59 Å². The molecule has 0 N–H and O–H groups in total. The van der Waals surface area contributed by atoms with E-state index in [0.29, 0.717) is 16.9 Å². The number of para-hydroxylation sites is 1. The van der Waals surface area contributed by atoms with Gasteiger partial charge in [0.1, 0.15) is 17.1 Å². The van der Waals surface area contributed by atoms with Crippen LogP contribution in [0.2, 0.25) is 0 Å². The minimum atomic E-state index is -0.787. The molecular weight excluding hydrogens is 436 g/mol. The standard InChI is InChI=1S/C27H22O7/c1-4-32-27(30)25-23(19-11-7-8-12-21(19)31-3)24(28)20-14-13-17(15-22(20)34-25)33-26(29)18-10-6-5-9-16(18)2/h5-15H,4H2,1-3H3. The highest BCUT2D eigenvalue weighted by Crippen LogP contribution is 2.33. The number of hydrogen-bond acceptors (Lipinski definition) is 7. The highest BCUT2D eigenvalue weighted by molar-refractivity contribution is 5.99. The third-order valence-corrected chi connectivity index (χ3v) is 5.28. The molecule has 0 bridgehead atoms. The van der Waals surface area contributed by atoms with Crippen molar-refractivity contribution < 1.29 is 28.2 Å². The second-order valence-electron chi connectivity index (χ2n) is 7.42. The van der Waals surface area contributed by atoms with Crippen LogP contribution in [0.15, 0.2) is 75.9 Å². The molecule has 0 fully saturated rings. The van der Waals surface area contributed by atoms with Crippen LogP contribution in [-0.4, -0.2) is 25.7 Å². The van der Waals surface area contributed by atoms with E-state index in [1.165, 1.54) is 25.3 Å². The largest absolute Gasteiger partial charge is 0.496 e. The van der Waals surface area contributed by atoms with Gasteiger partial charge in [-0.05, 0) is 43.7 Å². The van der Waals surface area contributed by atoms with Gasteiger partial charge < -0.3 is 18.6 Å². The quantitative estimate of drug-likeness (QED) is 0.291. The summed E-state index contributed by atoms with van der Waals surface area (Å²) >= 11 is 0. The van der Waals surface area contributed by atoms with Crippen molar-refractivity contribution in [2.45, 2.75) is 13.8 Å². The molecule has 4 rings (SSSR count). The monoisotopic (exact) mass is 458 g/mol. The average Bonchev–Trinajstić information content (AvgIpc) is 2.84. The molecule has 7 nitrogen and oxygen atoms in total. The summed E-state index contributed by atoms with van der Waals surface area (Å²) in [7, 11) is 1.47. The van der Waals surface area contributed by atoms with Crippen molar-refractivity contribution in [1.82, 2.24) is 0 Å². The van der Waals surface area contributed by atoms with E-state index in [4.69, 9.17) is 18.6 Å². The summed E-state index contributed by atoms with van der Waals surface area (Å²) in [5, 5.41) is 0.213. The van der Waals surface area contributed by atoms with Crippen molar-refractivity contribution in [3.8, 4) is 22.6 Å². The Hall–Kier alpha value is -4.39. The first-order chi connectivity index (χ1) is 16.4. The molecule has 0 radical (unpaired) electrons. The van der Waals surface area contributed by atoms with Crippen LogP contribution in [0.3, 0.4) is 0 Å². The van der Waals surface area contributed by atoms with Crippen LogP contribution in [-0.2, 0) is 4.74 Å². The lowest BCUT2D eigenvalue weighted by Crippen LogP contribution is -2.15. The lowest BCUT2D eigenvalue weighted by Gasteiger charge is -2.13. The summed E-state index contributed by atoms with van der Waals surface area (Å²) in [4.78, 5) is 38.8. The van der Waals surface area contributed by atoms with E-state index in [1.807, 2.05) is 6.07 Å². The molecule has 7 heteroatoms. The van der Waals surface area contributed by atoms with E-state index in [9.17, 15) is 14.4 Å². The fraction of sp³-hybridized carbons (Fsp3) is 0.148. The third kappa shape index (κ3) is 4.28. The number of ether oxygens (including phenoxy) is 3. The molecule has 0 saturated carbocycles. The lowest BCUT2D eigenvalue weighted by molar-refractivity contribution is 0.0491. The van der Waals surface area contributed by atoms with Crippen LogP contribution in [0.5, 0.6) is 11.5 Å². The Labute approximate surface area is 195 Å². The van der Waals surface area contributed by atoms with Gasteiger partial charge >= 0.3 is 11.9 Å². The Morgan fingerprint density at radius 3 is 2.41 bits per heavy atom. The number of aryl methyl sites for hydroxylation is 1. The minimum Gasteiger partial charge on any atom is -0.496 e. The van der Waals surface area contributed by atoms with Gasteiger partial charge in [0, 0.05) is 11.6 Å². The predicted molar refractivity (Wildman–Crippen MR) is 127 cm³/mol. The Morgan fingerprint density at radius 2 is 1.68 bits per heavy atom. The summed E-state index contributed by atoms with van der Waals surface area (Å²) in [5.41, 5.74) is 1.27. The summed E-state index contributed by atoms with van der Waals surface area (Å²) in [6, 6.07) is 18.3. The molecule has 0 spiro atoms. The fourth-order valence-corrected chi connectivity index (χ4v) is 3.64. The van der Waals surface area contributed by atoms with Crippen molar-refractivity contribution in [3.63, 3.8) is 0 Å². The van der Waals surface area contributed by atoms with Gasteiger partial charge in [-0.1, -0.05) is 36.4 Å². The van der Waals surface area contributed by atoms with Crippen molar-refractivity contribution in [2.75, 3.05) is 13.7 Å². The third-order valence-electron chi connectivity index (χ3n) is 5.28. The van der Waals surface area contributed by atoms with E-state index >= 15 is 0 Å². The molecule has 4 aromatic rings. The molecule has 34 heavy (non-hydrogen) atoms. The number of carbonyl (C=O) groups excluding carboxylic acids is 2. The number of carbonyl (C=O) groups is 2. The minimum absolute atomic E-state index is 0.0352. The molecule has 0 aliphatic rings. The number of hydrogen-bond donors (Lipinski definition) is 0. The lowest BCUT2D eigenvalue weighted by atomic mass is 10.0. The normalized spacial score (nSPS) is 10.7. The SMILES string of the molecule is CCOC(=O)c1oc2cc(OC(=O)c3ccccc3C)ccc2c(=O)c1-c1ccccc1OC. The summed E-state index contributed by atoms with van der Waals surface area (Å²) < 4.78 is 21.9. The molecule has 0 saturated heterocycles. The van der Waals surface area contributed by atoms with E-state index in [0.717, 1.165) is 5.56 Å². The van der Waals surface area contributed by atoms with Gasteiger partial charge in [0.05, 0.1) is 30.2 Å². The maximum atomic E-state index is 13.5. The first kappa shape index (κ1) is 22.8. The van der Waals surface area contributed by atoms with Crippen molar-refractivity contribution in [3.05, 3.63) is 93.8 Å². The molecule has 0 atom stereocenters. The number of benzene rings is 3. The zero-order valence-corrected chi connectivity index (χ0v) is 18.9. The van der Waals surface area contributed by atoms with Crippen LogP contribution >= 0.6 is 0 Å². The molecule has 0 unspecified atom stereocenters. The second kappa shape index (κ2) is 9.62. The Kier molecular flexibility index (Phi) is 6.45. The Bertz CT molecular complexity index is 1450. The highest BCUT2D eigenvalue weighted by Gasteiger charge is 2.25. The van der Waals surface area contributed by atoms with E-state index in [1.54, 1.807) is 56.3 Å². The van der Waals surface area contributed by atoms with Crippen LogP contribution in [0.1, 0.15) is 33.4 Å². The first-order valence-electron chi connectivity index (χ1n) is 10.6. The summed E-state index contributed by atoms with van der Waals surface area (Å²) in [5.74, 6) is -1.01. The smallest absolute Gasteiger partial charge is 0.375 e. The van der Waals surface area contributed by atoms with Gasteiger partial charge in [0.25, 0.3) is 0 Å². The average molecular weight is 458 g/mol. The van der Waals surface area contributed by atoms with E-state index < -0.39 is 17.4 Å². The highest BCUT2D eigenvalue weighted by atomic mass is 16.5. The topological polar surface area (TPSA) is 92.0 Å². The zero-order valence-electron chi connectivity index (χ0n) is 18.9. The molecule has 0 aliphatic carbocycles. The number of fused-ring (bicyclic) bond motifs is 1. The predicted octanol–water partition coefficient (Wildman–Crippen LogP) is 5.17. The molecule has 172 valence electrons. The van der Waals surface area contributed by atoms with E-state index in [-0.39, 0.29) is 34.6 Å². The second-order valence-corrected chi connectivity index (χ2v) is 7.42. The van der Waals surface area contributed by atoms with Gasteiger partial charge in [-0.15, -0.1) is 0 Å². The molecular formula is C27H22O7. The Balaban J connectivity index is 1.85. The van der Waals surface area contributed by atoms with Crippen LogP contribution in [0.25, 0.3) is 22.1 Å². The van der Waals surface area contributed by atoms with Crippen molar-refractivity contribution in [1.29, 1.82) is 0 Å². The van der Waals surface area contributed by atoms with Crippen LogP contribution in [0, 0.1) is 6.92 Å². The van der Waals surface area contributed by atoms with Crippen LogP contribution < -0.4 is 14.9 Å². The number of esters is 2. The summed E-state index contributed by atoms with van der Waals surface area (Å²) in [6.45, 7) is 3.56. The van der Waals surface area contributed by atoms with E-state index in [2.05, 4.69) is 0 Å². The molecule has 1 heterocycles. The zero-order chi connectivity index (χ0) is 24.2. The first-order valence-corrected chi connectivity index (χ1v) is 10.6. The Morgan fingerprint density at radius 1 is 0.941 bits per heavy atom. The molecule has 0 amide bonds. The van der Waals surface area contributed by atoms with Gasteiger partial charge in [0.15, 0.2) is 0 Å². The van der Waals surface area contributed by atoms with Gasteiger partial charge in [-0.2, -0.15) is 0 Å². The molecule has 3 aromatic carbocycles. The van der Waals surface area contributed by atoms with Crippen molar-refractivity contribution in [2.24, 2.45) is 0 Å². The van der Waals surface area contributed by atoms with Crippen LogP contribution in [0.4, 0.5) is 0 Å². The van der Waals surface area contributed by atoms with Gasteiger partial charge in [0.2, 0.25) is 11.2 Å². The van der Waals surface area contributed by atoms with Crippen molar-refractivity contribution >= 4 is 22.9 Å². The van der Waals surface area contributed by atoms with Gasteiger partial charge in [-0.3, -0.25) is 4.79 Å². The summed E-state index contributed by atoms with van der Waals surface area (Å²) in [6.07, 6.45) is 0. The molecule has 0 aliphatic heterocycles. The maximum absolute atomic E-state index is 13.5. The number of rotatable bonds is 6. The fourth-order valence-electron chi connectivity index (χ4n) is 3.64. The molecule has 1 aromatic heterocycles. The maximum Gasteiger partial charge on any atom is 0.375 e. The number of methoxy groups -OCH3 is 1.